The number of sulfone groups is 1. The van der Waals surface area contributed by atoms with E-state index in [1.165, 1.54) is 24.3 Å². The molecule has 0 atom stereocenters. The number of primary amides is 1. The molecule has 3 rings (SSSR count). The van der Waals surface area contributed by atoms with Crippen LogP contribution in [0.15, 0.2) is 63.7 Å². The summed E-state index contributed by atoms with van der Waals surface area (Å²) in [6.45, 7) is 1.65. The van der Waals surface area contributed by atoms with E-state index in [-0.39, 0.29) is 25.2 Å². The third-order valence-corrected chi connectivity index (χ3v) is 7.41. The van der Waals surface area contributed by atoms with Gasteiger partial charge in [-0.2, -0.15) is 0 Å². The van der Waals surface area contributed by atoms with Crippen molar-refractivity contribution in [1.82, 2.24) is 0 Å². The SMILES string of the molecule is Cc1ccccc1S(=O)(=O)c1cc(C(N)=O)c(NC(=O)c2ccccc2F)s1. The third kappa shape index (κ3) is 3.67. The fourth-order valence-electron chi connectivity index (χ4n) is 2.56. The van der Waals surface area contributed by atoms with Gasteiger partial charge in [-0.1, -0.05) is 30.3 Å². The van der Waals surface area contributed by atoms with Gasteiger partial charge in [0.05, 0.1) is 16.0 Å². The summed E-state index contributed by atoms with van der Waals surface area (Å²) in [4.78, 5) is 24.2. The Kier molecular flexibility index (Phi) is 5.30. The first-order valence-electron chi connectivity index (χ1n) is 8.02. The number of amides is 2. The maximum atomic E-state index is 13.8. The molecular formula is C19H15FN2O4S2. The molecule has 9 heteroatoms. The highest BCUT2D eigenvalue weighted by Gasteiger charge is 2.26. The average Bonchev–Trinajstić information content (AvgIpc) is 3.07. The second-order valence-electron chi connectivity index (χ2n) is 5.88. The minimum absolute atomic E-state index is 0.0621. The zero-order valence-electron chi connectivity index (χ0n) is 14.6. The largest absolute Gasteiger partial charge is 0.366 e. The van der Waals surface area contributed by atoms with Crippen molar-refractivity contribution in [2.45, 2.75) is 16.0 Å². The number of aryl methyl sites for hydroxylation is 1. The van der Waals surface area contributed by atoms with Gasteiger partial charge in [-0.3, -0.25) is 9.59 Å². The van der Waals surface area contributed by atoms with E-state index in [9.17, 15) is 22.4 Å². The van der Waals surface area contributed by atoms with E-state index in [1.54, 1.807) is 25.1 Å². The van der Waals surface area contributed by atoms with Crippen molar-refractivity contribution in [2.24, 2.45) is 5.73 Å². The van der Waals surface area contributed by atoms with Crippen molar-refractivity contribution in [3.63, 3.8) is 0 Å². The molecule has 3 aromatic rings. The molecule has 0 radical (unpaired) electrons. The fourth-order valence-corrected chi connectivity index (χ4v) is 5.55. The molecule has 0 fully saturated rings. The summed E-state index contributed by atoms with van der Waals surface area (Å²) in [6.07, 6.45) is 0. The summed E-state index contributed by atoms with van der Waals surface area (Å²) < 4.78 is 39.5. The number of carbonyl (C=O) groups excluding carboxylic acids is 2. The lowest BCUT2D eigenvalue weighted by Gasteiger charge is -2.06. The Balaban J connectivity index is 2.04. The minimum Gasteiger partial charge on any atom is -0.366 e. The predicted octanol–water partition coefficient (Wildman–Crippen LogP) is 3.38. The van der Waals surface area contributed by atoms with Gasteiger partial charge < -0.3 is 11.1 Å². The van der Waals surface area contributed by atoms with Crippen LogP contribution >= 0.6 is 11.3 Å². The summed E-state index contributed by atoms with van der Waals surface area (Å²) in [6, 6.07) is 12.8. The van der Waals surface area contributed by atoms with Crippen molar-refractivity contribution in [3.8, 4) is 0 Å². The maximum absolute atomic E-state index is 13.8. The first-order chi connectivity index (χ1) is 13.2. The Morgan fingerprint density at radius 1 is 1.04 bits per heavy atom. The van der Waals surface area contributed by atoms with Crippen LogP contribution in [0.4, 0.5) is 9.39 Å². The van der Waals surface area contributed by atoms with Crippen molar-refractivity contribution < 1.29 is 22.4 Å². The topological polar surface area (TPSA) is 106 Å². The van der Waals surface area contributed by atoms with E-state index in [0.29, 0.717) is 16.9 Å². The number of rotatable bonds is 5. The van der Waals surface area contributed by atoms with Crippen LogP contribution in [0.3, 0.4) is 0 Å². The molecule has 0 bridgehead atoms. The zero-order chi connectivity index (χ0) is 20.5. The number of thiophene rings is 1. The number of nitrogens with one attached hydrogen (secondary N) is 1. The first-order valence-corrected chi connectivity index (χ1v) is 10.3. The fraction of sp³-hybridized carbons (Fsp3) is 0.0526. The molecule has 3 N–H and O–H groups in total. The lowest BCUT2D eigenvalue weighted by Crippen LogP contribution is -2.17. The highest BCUT2D eigenvalue weighted by Crippen LogP contribution is 2.35. The maximum Gasteiger partial charge on any atom is 0.259 e. The summed E-state index contributed by atoms with van der Waals surface area (Å²) >= 11 is 0.684. The summed E-state index contributed by atoms with van der Waals surface area (Å²) in [5.74, 6) is -2.47. The van der Waals surface area contributed by atoms with Gasteiger partial charge >= 0.3 is 0 Å². The molecule has 144 valence electrons. The molecule has 6 nitrogen and oxygen atoms in total. The second-order valence-corrected chi connectivity index (χ2v) is 9.07. The van der Waals surface area contributed by atoms with E-state index in [2.05, 4.69) is 5.32 Å². The summed E-state index contributed by atoms with van der Waals surface area (Å²) in [5.41, 5.74) is 5.46. The summed E-state index contributed by atoms with van der Waals surface area (Å²) in [5, 5.41) is 2.32. The van der Waals surface area contributed by atoms with Crippen LogP contribution in [0.2, 0.25) is 0 Å². The molecule has 0 saturated heterocycles. The normalized spacial score (nSPS) is 11.2. The molecule has 1 aromatic heterocycles. The van der Waals surface area contributed by atoms with Crippen LogP contribution in [-0.4, -0.2) is 20.2 Å². The van der Waals surface area contributed by atoms with Gasteiger partial charge in [0.15, 0.2) is 0 Å². The van der Waals surface area contributed by atoms with E-state index in [1.807, 2.05) is 0 Å². The molecule has 0 aliphatic rings. The second kappa shape index (κ2) is 7.53. The molecular weight excluding hydrogens is 403 g/mol. The van der Waals surface area contributed by atoms with Gasteiger partial charge in [-0.05, 0) is 36.8 Å². The number of anilines is 1. The quantitative estimate of drug-likeness (QED) is 0.662. The van der Waals surface area contributed by atoms with Crippen molar-refractivity contribution in [3.05, 3.63) is 77.1 Å². The average molecular weight is 418 g/mol. The Hall–Kier alpha value is -3.04. The number of benzene rings is 2. The van der Waals surface area contributed by atoms with Crippen LogP contribution in [-0.2, 0) is 9.84 Å². The van der Waals surface area contributed by atoms with Gasteiger partial charge in [-0.15, -0.1) is 11.3 Å². The van der Waals surface area contributed by atoms with Gasteiger partial charge in [0.2, 0.25) is 9.84 Å². The standard InChI is InChI=1S/C19H15FN2O4S2/c1-11-6-2-5-9-15(11)28(25,26)16-10-13(17(21)23)19(27-16)22-18(24)12-7-3-4-8-14(12)20/h2-10H,1H3,(H2,21,23)(H,22,24). The first kappa shape index (κ1) is 19.7. The van der Waals surface area contributed by atoms with Crippen LogP contribution < -0.4 is 11.1 Å². The van der Waals surface area contributed by atoms with Crippen LogP contribution in [0.5, 0.6) is 0 Å². The van der Waals surface area contributed by atoms with E-state index >= 15 is 0 Å². The van der Waals surface area contributed by atoms with Crippen molar-refractivity contribution >= 4 is 38.0 Å². The molecule has 0 saturated carbocycles. The molecule has 2 aromatic carbocycles. The van der Waals surface area contributed by atoms with E-state index in [0.717, 1.165) is 12.1 Å². The van der Waals surface area contributed by atoms with Gasteiger partial charge in [0.1, 0.15) is 15.0 Å². The summed E-state index contributed by atoms with van der Waals surface area (Å²) in [7, 11) is -3.93. The molecule has 28 heavy (non-hydrogen) atoms. The minimum atomic E-state index is -3.93. The van der Waals surface area contributed by atoms with Crippen LogP contribution in [0.1, 0.15) is 26.3 Å². The van der Waals surface area contributed by atoms with E-state index in [4.69, 9.17) is 5.73 Å². The van der Waals surface area contributed by atoms with Crippen LogP contribution in [0.25, 0.3) is 0 Å². The van der Waals surface area contributed by atoms with Gasteiger partial charge in [0, 0.05) is 0 Å². The molecule has 2 amide bonds. The number of carbonyl (C=O) groups is 2. The monoisotopic (exact) mass is 418 g/mol. The Labute approximate surface area is 164 Å². The molecule has 0 aliphatic heterocycles. The highest BCUT2D eigenvalue weighted by atomic mass is 32.2. The predicted molar refractivity (Wildman–Crippen MR) is 104 cm³/mol. The highest BCUT2D eigenvalue weighted by molar-refractivity contribution is 7.93. The lowest BCUT2D eigenvalue weighted by atomic mass is 10.2. The number of halogens is 1. The molecule has 0 aliphatic carbocycles. The smallest absolute Gasteiger partial charge is 0.259 e. The van der Waals surface area contributed by atoms with Gasteiger partial charge in [0.25, 0.3) is 11.8 Å². The number of hydrogen-bond acceptors (Lipinski definition) is 5. The number of hydrogen-bond donors (Lipinski definition) is 2. The zero-order valence-corrected chi connectivity index (χ0v) is 16.2. The lowest BCUT2D eigenvalue weighted by molar-refractivity contribution is 0.100. The van der Waals surface area contributed by atoms with Gasteiger partial charge in [-0.25, -0.2) is 12.8 Å². The molecule has 0 spiro atoms. The molecule has 1 heterocycles. The Morgan fingerprint density at radius 2 is 1.68 bits per heavy atom. The van der Waals surface area contributed by atoms with Crippen LogP contribution in [0, 0.1) is 12.7 Å². The van der Waals surface area contributed by atoms with Crippen molar-refractivity contribution in [2.75, 3.05) is 5.32 Å². The van der Waals surface area contributed by atoms with E-state index < -0.39 is 27.5 Å². The molecule has 0 unspecified atom stereocenters. The number of nitrogens with two attached hydrogens (primary N) is 1. The Bertz CT molecular complexity index is 1190. The third-order valence-electron chi connectivity index (χ3n) is 3.97. The Morgan fingerprint density at radius 3 is 2.32 bits per heavy atom. The van der Waals surface area contributed by atoms with Crippen molar-refractivity contribution in [1.29, 1.82) is 0 Å².